The monoisotopic (exact) mass is 586 g/mol. The molecule has 2 aliphatic heterocycles. The first-order chi connectivity index (χ1) is 19.7. The third kappa shape index (κ3) is 3.57. The van der Waals surface area contributed by atoms with Crippen molar-refractivity contribution in [3.8, 4) is 0 Å². The molecule has 2 bridgehead atoms. The lowest BCUT2D eigenvalue weighted by Gasteiger charge is -2.65. The maximum atomic E-state index is 14.7. The number of Topliss-reactive ketones (excluding diaryl/α,β-unsaturated/α-hetero) is 1. The minimum absolute atomic E-state index is 0.111. The zero-order chi connectivity index (χ0) is 30.6. The lowest BCUT2D eigenvalue weighted by atomic mass is 9.37. The van der Waals surface area contributed by atoms with Crippen LogP contribution in [0.1, 0.15) is 78.9 Å². The predicted molar refractivity (Wildman–Crippen MR) is 145 cm³/mol. The number of cyclic esters (lactones) is 1. The fraction of sp³-hybridized carbons (Fsp3) is 0.750. The SMILES string of the molecule is CC[C@H](C)C(=O)O[C@@H]1[C@@H]2C(=O)[C@@](C)(C3CC[C@@]4(C)C(c5ccoc5)OC(=O)C[C@H]4[C@]34O[C@H]24)[C@@H]([C@@H](O)C(=O)OC)C1(C)C. The van der Waals surface area contributed by atoms with Gasteiger partial charge < -0.3 is 28.5 Å². The Kier molecular flexibility index (Phi) is 6.56. The number of fused-ring (bicyclic) bond motifs is 5. The van der Waals surface area contributed by atoms with Gasteiger partial charge in [0.15, 0.2) is 6.10 Å². The van der Waals surface area contributed by atoms with Gasteiger partial charge in [0.05, 0.1) is 37.9 Å². The van der Waals surface area contributed by atoms with Gasteiger partial charge in [-0.25, -0.2) is 4.79 Å². The molecule has 0 aromatic carbocycles. The number of epoxide rings is 1. The van der Waals surface area contributed by atoms with Crippen molar-refractivity contribution in [2.75, 3.05) is 7.11 Å². The van der Waals surface area contributed by atoms with Crippen LogP contribution in [0.25, 0.3) is 0 Å². The predicted octanol–water partition coefficient (Wildman–Crippen LogP) is 3.79. The molecule has 3 aliphatic carbocycles. The number of rotatable bonds is 6. The minimum Gasteiger partial charge on any atom is -0.472 e. The van der Waals surface area contributed by atoms with Gasteiger partial charge in [-0.15, -0.1) is 0 Å². The molecule has 5 fully saturated rings. The number of methoxy groups -OCH3 is 1. The number of ether oxygens (including phenoxy) is 4. The summed E-state index contributed by atoms with van der Waals surface area (Å²) in [4.78, 5) is 54.0. The number of aliphatic hydroxyl groups excluding tert-OH is 1. The molecular weight excluding hydrogens is 544 g/mol. The molecule has 10 heteroatoms. The van der Waals surface area contributed by atoms with E-state index in [2.05, 4.69) is 6.92 Å². The first-order valence-electron chi connectivity index (χ1n) is 15.1. The van der Waals surface area contributed by atoms with E-state index in [1.807, 2.05) is 27.7 Å². The lowest BCUT2D eigenvalue weighted by molar-refractivity contribution is -0.232. The Morgan fingerprint density at radius 3 is 2.48 bits per heavy atom. The largest absolute Gasteiger partial charge is 0.472 e. The molecule has 0 amide bonds. The molecule has 2 unspecified atom stereocenters. The van der Waals surface area contributed by atoms with Crippen molar-refractivity contribution in [2.24, 2.45) is 45.8 Å². The summed E-state index contributed by atoms with van der Waals surface area (Å²) in [6.07, 6.45) is 1.28. The molecule has 10 nitrogen and oxygen atoms in total. The van der Waals surface area contributed by atoms with Crippen LogP contribution in [0, 0.1) is 45.8 Å². The molecular formula is C32H42O10. The van der Waals surface area contributed by atoms with Gasteiger partial charge in [0.25, 0.3) is 0 Å². The van der Waals surface area contributed by atoms with Crippen LogP contribution in [0.15, 0.2) is 23.0 Å². The van der Waals surface area contributed by atoms with E-state index in [4.69, 9.17) is 23.4 Å². The Morgan fingerprint density at radius 2 is 1.86 bits per heavy atom. The van der Waals surface area contributed by atoms with Crippen LogP contribution >= 0.6 is 0 Å². The molecule has 1 aromatic heterocycles. The summed E-state index contributed by atoms with van der Waals surface area (Å²) in [5.41, 5.74) is -2.87. The highest BCUT2D eigenvalue weighted by molar-refractivity contribution is 5.94. The van der Waals surface area contributed by atoms with Gasteiger partial charge in [-0.1, -0.05) is 41.5 Å². The zero-order valence-corrected chi connectivity index (χ0v) is 25.4. The highest BCUT2D eigenvalue weighted by atomic mass is 16.6. The summed E-state index contributed by atoms with van der Waals surface area (Å²) >= 11 is 0. The van der Waals surface area contributed by atoms with Crippen molar-refractivity contribution >= 4 is 23.7 Å². The van der Waals surface area contributed by atoms with Crippen molar-refractivity contribution in [3.63, 3.8) is 0 Å². The van der Waals surface area contributed by atoms with Gasteiger partial charge in [-0.3, -0.25) is 14.4 Å². The van der Waals surface area contributed by atoms with E-state index >= 15 is 0 Å². The Hall–Kier alpha value is -2.72. The van der Waals surface area contributed by atoms with E-state index in [0.29, 0.717) is 19.3 Å². The number of hydrogen-bond donors (Lipinski definition) is 1. The molecule has 1 aromatic rings. The fourth-order valence-corrected chi connectivity index (χ4v) is 9.91. The normalized spacial score (nSPS) is 44.4. The second-order valence-corrected chi connectivity index (χ2v) is 14.3. The number of carbonyl (C=O) groups is 4. The van der Waals surface area contributed by atoms with Crippen LogP contribution in [0.4, 0.5) is 0 Å². The average Bonchev–Trinajstić information content (AvgIpc) is 3.40. The fourth-order valence-electron chi connectivity index (χ4n) is 9.91. The molecule has 5 aliphatic rings. The Bertz CT molecular complexity index is 1300. The van der Waals surface area contributed by atoms with Crippen LogP contribution in [0.5, 0.6) is 0 Å². The summed E-state index contributed by atoms with van der Waals surface area (Å²) in [6, 6.07) is 1.80. The Morgan fingerprint density at radius 1 is 1.14 bits per heavy atom. The van der Waals surface area contributed by atoms with Gasteiger partial charge in [-0.2, -0.15) is 0 Å². The first-order valence-corrected chi connectivity index (χ1v) is 15.1. The molecule has 12 atom stereocenters. The van der Waals surface area contributed by atoms with E-state index in [-0.39, 0.29) is 30.0 Å². The maximum Gasteiger partial charge on any atom is 0.335 e. The summed E-state index contributed by atoms with van der Waals surface area (Å²) in [5, 5.41) is 11.6. The zero-order valence-electron chi connectivity index (χ0n) is 25.4. The Labute approximate surface area is 245 Å². The minimum atomic E-state index is -1.64. The lowest BCUT2D eigenvalue weighted by Crippen LogP contribution is -2.74. The summed E-state index contributed by atoms with van der Waals surface area (Å²) in [5.74, 6) is -4.67. The standard InChI is InChI=1S/C32H42O10/c1-8-15(2)27(36)41-25-20-23(35)31(6,22(29(25,3)4)21(34)28(37)38-7)17-9-11-30(5)18(32(17)26(20)42-32)13-19(33)40-24(30)16-10-12-39-14-16/h10,12,14-15,17-18,20-22,24-26,34H,8-9,11,13H2,1-7H3/t15-,17?,18+,20-,21+,22-,24?,25+,26+,30+,31-,32+/m0/s1. The first kappa shape index (κ1) is 29.4. The van der Waals surface area contributed by atoms with Crippen molar-refractivity contribution in [3.05, 3.63) is 24.2 Å². The number of furan rings is 1. The molecule has 6 rings (SSSR count). The highest BCUT2D eigenvalue weighted by Gasteiger charge is 2.86. The van der Waals surface area contributed by atoms with Crippen molar-refractivity contribution in [1.29, 1.82) is 0 Å². The van der Waals surface area contributed by atoms with Crippen LogP contribution < -0.4 is 0 Å². The van der Waals surface area contributed by atoms with Crippen molar-refractivity contribution < 1.29 is 47.6 Å². The number of aliphatic hydroxyl groups is 1. The maximum absolute atomic E-state index is 14.7. The molecule has 230 valence electrons. The van der Waals surface area contributed by atoms with Crippen LogP contribution in [0.2, 0.25) is 0 Å². The molecule has 1 N–H and O–H groups in total. The van der Waals surface area contributed by atoms with Gasteiger partial charge in [-0.05, 0) is 25.3 Å². The molecule has 3 heterocycles. The van der Waals surface area contributed by atoms with E-state index in [1.54, 1.807) is 25.5 Å². The molecule has 0 radical (unpaired) electrons. The second-order valence-electron chi connectivity index (χ2n) is 14.3. The summed E-state index contributed by atoms with van der Waals surface area (Å²) < 4.78 is 29.2. The number of carbonyl (C=O) groups excluding carboxylic acids is 4. The van der Waals surface area contributed by atoms with Crippen LogP contribution in [0.3, 0.4) is 0 Å². The van der Waals surface area contributed by atoms with E-state index < -0.39 is 76.0 Å². The van der Waals surface area contributed by atoms with Gasteiger partial charge >= 0.3 is 17.9 Å². The van der Waals surface area contributed by atoms with E-state index in [1.165, 1.54) is 7.11 Å². The molecule has 3 saturated carbocycles. The third-order valence-corrected chi connectivity index (χ3v) is 12.0. The van der Waals surface area contributed by atoms with Crippen LogP contribution in [-0.4, -0.2) is 59.8 Å². The van der Waals surface area contributed by atoms with E-state index in [9.17, 15) is 24.3 Å². The van der Waals surface area contributed by atoms with Crippen molar-refractivity contribution in [1.82, 2.24) is 0 Å². The van der Waals surface area contributed by atoms with Crippen molar-refractivity contribution in [2.45, 2.75) is 97.2 Å². The average molecular weight is 587 g/mol. The highest BCUT2D eigenvalue weighted by Crippen LogP contribution is 2.77. The van der Waals surface area contributed by atoms with Gasteiger partial charge in [0.1, 0.15) is 29.7 Å². The van der Waals surface area contributed by atoms with Gasteiger partial charge in [0, 0.05) is 39.6 Å². The van der Waals surface area contributed by atoms with Gasteiger partial charge in [0.2, 0.25) is 0 Å². The third-order valence-electron chi connectivity index (χ3n) is 12.0. The van der Waals surface area contributed by atoms with Crippen LogP contribution in [-0.2, 0) is 38.1 Å². The summed E-state index contributed by atoms with van der Waals surface area (Å²) in [7, 11) is 1.20. The Balaban J connectivity index is 1.51. The second kappa shape index (κ2) is 9.39. The van der Waals surface area contributed by atoms with E-state index in [0.717, 1.165) is 5.56 Å². The topological polar surface area (TPSA) is 142 Å². The molecule has 1 spiro atoms. The quantitative estimate of drug-likeness (QED) is 0.297. The molecule has 2 saturated heterocycles. The summed E-state index contributed by atoms with van der Waals surface area (Å²) in [6.45, 7) is 11.3. The number of esters is 3. The molecule has 42 heavy (non-hydrogen) atoms. The number of hydrogen-bond acceptors (Lipinski definition) is 10. The smallest absolute Gasteiger partial charge is 0.335 e. The number of ketones is 1.